The first-order chi connectivity index (χ1) is 10.3. The van der Waals surface area contributed by atoms with Crippen LogP contribution < -0.4 is 0 Å². The summed E-state index contributed by atoms with van der Waals surface area (Å²) in [4.78, 5) is 6.94. The summed E-state index contributed by atoms with van der Waals surface area (Å²) >= 11 is 1.70. The number of hydrogen-bond donors (Lipinski definition) is 0. The molecule has 21 heavy (non-hydrogen) atoms. The average molecular weight is 299 g/mol. The molecule has 0 bridgehead atoms. The molecular weight excluding hydrogens is 282 g/mol. The Labute approximate surface area is 127 Å². The van der Waals surface area contributed by atoms with E-state index in [0.29, 0.717) is 6.04 Å². The molecule has 1 atom stereocenters. The molecule has 0 radical (unpaired) electrons. The summed E-state index contributed by atoms with van der Waals surface area (Å²) in [7, 11) is 0. The summed E-state index contributed by atoms with van der Waals surface area (Å²) in [6, 6.07) is 7.04. The average Bonchev–Trinajstić information content (AvgIpc) is 3.11. The van der Waals surface area contributed by atoms with Crippen molar-refractivity contribution >= 4 is 21.6 Å². The quantitative estimate of drug-likeness (QED) is 0.729. The zero-order chi connectivity index (χ0) is 14.2. The van der Waals surface area contributed by atoms with E-state index in [1.54, 1.807) is 11.3 Å². The zero-order valence-corrected chi connectivity index (χ0v) is 12.8. The van der Waals surface area contributed by atoms with Crippen LogP contribution in [0.3, 0.4) is 0 Å². The van der Waals surface area contributed by atoms with E-state index < -0.39 is 0 Å². The summed E-state index contributed by atoms with van der Waals surface area (Å²) < 4.78 is 3.42. The van der Waals surface area contributed by atoms with E-state index in [9.17, 15) is 0 Å². The van der Waals surface area contributed by atoms with Crippen LogP contribution in [0.4, 0.5) is 0 Å². The summed E-state index contributed by atoms with van der Waals surface area (Å²) in [6.07, 6.45) is 2.80. The van der Waals surface area contributed by atoms with Gasteiger partial charge in [0.2, 0.25) is 0 Å². The van der Waals surface area contributed by atoms with Gasteiger partial charge in [-0.25, -0.2) is 4.98 Å². The Hall–Kier alpha value is -1.79. The molecule has 0 saturated heterocycles. The zero-order valence-electron chi connectivity index (χ0n) is 11.9. The Morgan fingerprint density at radius 2 is 2.19 bits per heavy atom. The van der Waals surface area contributed by atoms with Crippen molar-refractivity contribution in [3.63, 3.8) is 0 Å². The molecule has 3 heterocycles. The van der Waals surface area contributed by atoms with Crippen molar-refractivity contribution in [1.29, 1.82) is 0 Å². The lowest BCUT2D eigenvalue weighted by atomic mass is 10.1. The molecule has 0 spiro atoms. The van der Waals surface area contributed by atoms with Gasteiger partial charge in [0.05, 0.1) is 15.7 Å². The van der Waals surface area contributed by atoms with Gasteiger partial charge in [-0.15, -0.1) is 21.5 Å². The lowest BCUT2D eigenvalue weighted by Gasteiger charge is -2.27. The van der Waals surface area contributed by atoms with Crippen LogP contribution in [-0.2, 0) is 13.0 Å². The summed E-state index contributed by atoms with van der Waals surface area (Å²) in [6.45, 7) is 5.29. The summed E-state index contributed by atoms with van der Waals surface area (Å²) in [5, 5.41) is 8.18. The van der Waals surface area contributed by atoms with E-state index in [1.807, 2.05) is 11.8 Å². The van der Waals surface area contributed by atoms with Crippen LogP contribution in [0.25, 0.3) is 10.2 Å². The highest BCUT2D eigenvalue weighted by atomic mass is 32.1. The first-order valence-corrected chi connectivity index (χ1v) is 8.13. The first kappa shape index (κ1) is 12.9. The number of hydrogen-bond acceptors (Lipinski definition) is 5. The van der Waals surface area contributed by atoms with Crippen molar-refractivity contribution in [2.45, 2.75) is 25.9 Å². The van der Waals surface area contributed by atoms with Gasteiger partial charge in [-0.1, -0.05) is 6.07 Å². The molecule has 1 aliphatic heterocycles. The Balaban J connectivity index is 1.56. The van der Waals surface area contributed by atoms with Gasteiger partial charge in [-0.2, -0.15) is 0 Å². The molecule has 0 saturated carbocycles. The number of rotatable bonds is 2. The van der Waals surface area contributed by atoms with Crippen molar-refractivity contribution in [3.8, 4) is 0 Å². The smallest absolute Gasteiger partial charge is 0.134 e. The summed E-state index contributed by atoms with van der Waals surface area (Å²) in [5.41, 5.74) is 4.36. The lowest BCUT2D eigenvalue weighted by molar-refractivity contribution is 0.215. The van der Waals surface area contributed by atoms with Crippen molar-refractivity contribution in [2.75, 3.05) is 13.1 Å². The van der Waals surface area contributed by atoms with Crippen LogP contribution in [0.15, 0.2) is 30.0 Å². The van der Waals surface area contributed by atoms with Gasteiger partial charge < -0.3 is 4.57 Å². The minimum absolute atomic E-state index is 0.397. The second-order valence-corrected chi connectivity index (χ2v) is 6.37. The number of benzene rings is 1. The first-order valence-electron chi connectivity index (χ1n) is 7.25. The Bertz CT molecular complexity index is 740. The van der Waals surface area contributed by atoms with Crippen LogP contribution in [-0.4, -0.2) is 37.7 Å². The van der Waals surface area contributed by atoms with Gasteiger partial charge in [-0.05, 0) is 24.6 Å². The highest BCUT2D eigenvalue weighted by molar-refractivity contribution is 7.16. The monoisotopic (exact) mass is 299 g/mol. The fourth-order valence-electron chi connectivity index (χ4n) is 2.98. The number of nitrogens with zero attached hydrogens (tertiary/aromatic N) is 5. The standard InChI is InChI=1S/C15H17N5S/c1-11(12-2-3-14-13(8-12)16-10-21-14)19-5-4-15-18-17-9-20(15)7-6-19/h2-3,8-11H,4-7H2,1H3. The number of fused-ring (bicyclic) bond motifs is 2. The SMILES string of the molecule is CC(c1ccc2scnc2c1)N1CCc2nncn2CC1. The molecule has 108 valence electrons. The van der Waals surface area contributed by atoms with E-state index in [4.69, 9.17) is 0 Å². The molecule has 1 aliphatic rings. The maximum absolute atomic E-state index is 4.43. The Kier molecular flexibility index (Phi) is 3.20. The Morgan fingerprint density at radius 3 is 3.14 bits per heavy atom. The molecule has 1 aromatic carbocycles. The predicted octanol–water partition coefficient (Wildman–Crippen LogP) is 2.51. The van der Waals surface area contributed by atoms with E-state index in [1.165, 1.54) is 10.3 Å². The molecule has 0 aliphatic carbocycles. The molecule has 1 unspecified atom stereocenters. The Morgan fingerprint density at radius 1 is 1.24 bits per heavy atom. The number of aromatic nitrogens is 4. The van der Waals surface area contributed by atoms with Crippen LogP contribution in [0.2, 0.25) is 0 Å². The second kappa shape index (κ2) is 5.20. The topological polar surface area (TPSA) is 46.8 Å². The van der Waals surface area contributed by atoms with E-state index in [-0.39, 0.29) is 0 Å². The highest BCUT2D eigenvalue weighted by Gasteiger charge is 2.20. The minimum Gasteiger partial charge on any atom is -0.316 e. The van der Waals surface area contributed by atoms with Crippen molar-refractivity contribution in [3.05, 3.63) is 41.4 Å². The van der Waals surface area contributed by atoms with E-state index >= 15 is 0 Å². The van der Waals surface area contributed by atoms with E-state index in [2.05, 4.69) is 49.8 Å². The van der Waals surface area contributed by atoms with Gasteiger partial charge in [0.1, 0.15) is 12.2 Å². The lowest BCUT2D eigenvalue weighted by Crippen LogP contribution is -2.30. The molecule has 3 aromatic rings. The molecule has 5 nitrogen and oxygen atoms in total. The van der Waals surface area contributed by atoms with Gasteiger partial charge in [0.15, 0.2) is 0 Å². The molecule has 4 rings (SSSR count). The van der Waals surface area contributed by atoms with Gasteiger partial charge in [0, 0.05) is 32.1 Å². The number of thiazole rings is 1. The normalized spacial score (nSPS) is 17.6. The van der Waals surface area contributed by atoms with Crippen molar-refractivity contribution in [2.24, 2.45) is 0 Å². The third-order valence-corrected chi connectivity index (χ3v) is 5.14. The largest absolute Gasteiger partial charge is 0.316 e. The van der Waals surface area contributed by atoms with E-state index in [0.717, 1.165) is 37.4 Å². The summed E-state index contributed by atoms with van der Waals surface area (Å²) in [5.74, 6) is 1.10. The van der Waals surface area contributed by atoms with Crippen LogP contribution in [0, 0.1) is 0 Å². The molecule has 2 aromatic heterocycles. The molecule has 0 fully saturated rings. The molecule has 0 N–H and O–H groups in total. The van der Waals surface area contributed by atoms with Crippen LogP contribution in [0.1, 0.15) is 24.4 Å². The fraction of sp³-hybridized carbons (Fsp3) is 0.400. The maximum atomic E-state index is 4.43. The molecule has 6 heteroatoms. The molecular formula is C15H17N5S. The fourth-order valence-corrected chi connectivity index (χ4v) is 3.64. The predicted molar refractivity (Wildman–Crippen MR) is 83.3 cm³/mol. The molecule has 0 amide bonds. The third kappa shape index (κ3) is 2.34. The second-order valence-electron chi connectivity index (χ2n) is 5.48. The minimum atomic E-state index is 0.397. The maximum Gasteiger partial charge on any atom is 0.134 e. The van der Waals surface area contributed by atoms with Gasteiger partial charge >= 0.3 is 0 Å². The van der Waals surface area contributed by atoms with Gasteiger partial charge in [-0.3, -0.25) is 4.90 Å². The van der Waals surface area contributed by atoms with Crippen LogP contribution in [0.5, 0.6) is 0 Å². The third-order valence-electron chi connectivity index (χ3n) is 4.33. The van der Waals surface area contributed by atoms with Crippen molar-refractivity contribution < 1.29 is 0 Å². The van der Waals surface area contributed by atoms with Crippen LogP contribution >= 0.6 is 11.3 Å². The highest BCUT2D eigenvalue weighted by Crippen LogP contribution is 2.26. The van der Waals surface area contributed by atoms with Crippen molar-refractivity contribution in [1.82, 2.24) is 24.6 Å². The van der Waals surface area contributed by atoms with Gasteiger partial charge in [0.25, 0.3) is 0 Å².